The van der Waals surface area contributed by atoms with Gasteiger partial charge in [0.05, 0.1) is 5.69 Å². The maximum atomic E-state index is 11.4. The molecule has 1 aliphatic rings. The van der Waals surface area contributed by atoms with Crippen LogP contribution in [0, 0.1) is 6.92 Å². The Hall–Kier alpha value is -2.62. The van der Waals surface area contributed by atoms with E-state index in [-0.39, 0.29) is 12.5 Å². The fourth-order valence-electron chi connectivity index (χ4n) is 2.34. The molecule has 1 heterocycles. The highest BCUT2D eigenvalue weighted by Gasteiger charge is 2.19. The molecule has 0 aliphatic carbocycles. The van der Waals surface area contributed by atoms with E-state index in [9.17, 15) is 9.59 Å². The van der Waals surface area contributed by atoms with Gasteiger partial charge >= 0.3 is 0 Å². The standard InChI is InChI=1S/C16H13NO3/c1-10-5-13(12-4-2-3-11(6-12)8-18)7-14-16(10)20-9-15(19)17-14/h2-8H,9H2,1H3,(H,17,19). The van der Waals surface area contributed by atoms with Gasteiger partial charge in [-0.25, -0.2) is 0 Å². The van der Waals surface area contributed by atoms with E-state index in [1.807, 2.05) is 37.3 Å². The first-order valence-electron chi connectivity index (χ1n) is 6.30. The molecule has 3 rings (SSSR count). The second-order valence-electron chi connectivity index (χ2n) is 4.75. The molecule has 0 aromatic heterocycles. The minimum atomic E-state index is -0.157. The van der Waals surface area contributed by atoms with E-state index in [1.54, 1.807) is 6.07 Å². The van der Waals surface area contributed by atoms with E-state index in [0.717, 1.165) is 23.0 Å². The van der Waals surface area contributed by atoms with E-state index in [1.165, 1.54) is 0 Å². The second-order valence-corrected chi connectivity index (χ2v) is 4.75. The number of aryl methyl sites for hydroxylation is 1. The van der Waals surface area contributed by atoms with Crippen molar-refractivity contribution in [2.75, 3.05) is 11.9 Å². The summed E-state index contributed by atoms with van der Waals surface area (Å²) in [5, 5.41) is 2.81. The highest BCUT2D eigenvalue weighted by atomic mass is 16.5. The molecule has 0 radical (unpaired) electrons. The summed E-state index contributed by atoms with van der Waals surface area (Å²) >= 11 is 0. The number of rotatable bonds is 2. The number of carbonyl (C=O) groups excluding carboxylic acids is 2. The number of carbonyl (C=O) groups is 2. The normalized spacial score (nSPS) is 13.2. The predicted molar refractivity (Wildman–Crippen MR) is 76.1 cm³/mol. The highest BCUT2D eigenvalue weighted by Crippen LogP contribution is 2.36. The molecule has 0 atom stereocenters. The van der Waals surface area contributed by atoms with Gasteiger partial charge < -0.3 is 10.1 Å². The van der Waals surface area contributed by atoms with Gasteiger partial charge in [0.25, 0.3) is 5.91 Å². The van der Waals surface area contributed by atoms with Crippen LogP contribution in [-0.2, 0) is 4.79 Å². The molecule has 2 aromatic rings. The number of amides is 1. The fourth-order valence-corrected chi connectivity index (χ4v) is 2.34. The third kappa shape index (κ3) is 2.16. The summed E-state index contributed by atoms with van der Waals surface area (Å²) in [7, 11) is 0. The van der Waals surface area contributed by atoms with Crippen molar-refractivity contribution in [3.8, 4) is 16.9 Å². The predicted octanol–water partition coefficient (Wildman–Crippen LogP) is 2.81. The average molecular weight is 267 g/mol. The molecule has 20 heavy (non-hydrogen) atoms. The number of anilines is 1. The van der Waals surface area contributed by atoms with Crippen molar-refractivity contribution in [1.29, 1.82) is 0 Å². The lowest BCUT2D eigenvalue weighted by Crippen LogP contribution is -2.25. The number of hydrogen-bond acceptors (Lipinski definition) is 3. The number of hydrogen-bond donors (Lipinski definition) is 1. The maximum absolute atomic E-state index is 11.4. The molecule has 1 N–H and O–H groups in total. The smallest absolute Gasteiger partial charge is 0.262 e. The Labute approximate surface area is 116 Å². The fraction of sp³-hybridized carbons (Fsp3) is 0.125. The summed E-state index contributed by atoms with van der Waals surface area (Å²) in [5.41, 5.74) is 4.12. The number of nitrogens with one attached hydrogen (secondary N) is 1. The van der Waals surface area contributed by atoms with Crippen molar-refractivity contribution < 1.29 is 14.3 Å². The molecule has 0 saturated heterocycles. The Bertz CT molecular complexity index is 707. The number of aldehydes is 1. The van der Waals surface area contributed by atoms with Gasteiger partial charge in [-0.05, 0) is 41.8 Å². The molecule has 4 nitrogen and oxygen atoms in total. The van der Waals surface area contributed by atoms with Gasteiger partial charge in [-0.3, -0.25) is 9.59 Å². The zero-order valence-electron chi connectivity index (χ0n) is 11.0. The summed E-state index contributed by atoms with van der Waals surface area (Å²) in [4.78, 5) is 22.3. The third-order valence-corrected chi connectivity index (χ3v) is 3.25. The van der Waals surface area contributed by atoms with Crippen molar-refractivity contribution >= 4 is 17.9 Å². The lowest BCUT2D eigenvalue weighted by Gasteiger charge is -2.21. The Morgan fingerprint density at radius 2 is 2.05 bits per heavy atom. The van der Waals surface area contributed by atoms with Crippen LogP contribution in [0.4, 0.5) is 5.69 Å². The van der Waals surface area contributed by atoms with Crippen molar-refractivity contribution in [2.45, 2.75) is 6.92 Å². The van der Waals surface area contributed by atoms with E-state index < -0.39 is 0 Å². The molecule has 100 valence electrons. The molecule has 0 saturated carbocycles. The largest absolute Gasteiger partial charge is 0.481 e. The lowest BCUT2D eigenvalue weighted by atomic mass is 9.99. The summed E-state index contributed by atoms with van der Waals surface area (Å²) in [6.45, 7) is 1.98. The second kappa shape index (κ2) is 4.81. The van der Waals surface area contributed by atoms with Gasteiger partial charge in [0, 0.05) is 5.56 Å². The van der Waals surface area contributed by atoms with Crippen molar-refractivity contribution in [2.24, 2.45) is 0 Å². The van der Waals surface area contributed by atoms with Crippen LogP contribution in [-0.4, -0.2) is 18.8 Å². The lowest BCUT2D eigenvalue weighted by molar-refractivity contribution is -0.118. The van der Waals surface area contributed by atoms with Crippen LogP contribution in [0.5, 0.6) is 5.75 Å². The molecule has 1 amide bonds. The molecular weight excluding hydrogens is 254 g/mol. The quantitative estimate of drug-likeness (QED) is 0.851. The van der Waals surface area contributed by atoms with Crippen LogP contribution in [0.3, 0.4) is 0 Å². The van der Waals surface area contributed by atoms with Crippen LogP contribution >= 0.6 is 0 Å². The summed E-state index contributed by atoms with van der Waals surface area (Å²) < 4.78 is 5.43. The Balaban J connectivity index is 2.10. The Morgan fingerprint density at radius 3 is 2.85 bits per heavy atom. The van der Waals surface area contributed by atoms with E-state index >= 15 is 0 Å². The number of benzene rings is 2. The van der Waals surface area contributed by atoms with Gasteiger partial charge in [0.15, 0.2) is 6.61 Å². The molecule has 0 unspecified atom stereocenters. The third-order valence-electron chi connectivity index (χ3n) is 3.25. The highest BCUT2D eigenvalue weighted by molar-refractivity contribution is 5.96. The van der Waals surface area contributed by atoms with Gasteiger partial charge in [0.2, 0.25) is 0 Å². The topological polar surface area (TPSA) is 55.4 Å². The van der Waals surface area contributed by atoms with Crippen molar-refractivity contribution in [3.05, 3.63) is 47.5 Å². The zero-order valence-corrected chi connectivity index (χ0v) is 11.0. The minimum absolute atomic E-state index is 0.0494. The summed E-state index contributed by atoms with van der Waals surface area (Å²) in [6, 6.07) is 11.2. The van der Waals surface area contributed by atoms with Crippen molar-refractivity contribution in [1.82, 2.24) is 0 Å². The van der Waals surface area contributed by atoms with Crippen LogP contribution in [0.25, 0.3) is 11.1 Å². The molecule has 2 aromatic carbocycles. The molecule has 0 spiro atoms. The molecule has 4 heteroatoms. The minimum Gasteiger partial charge on any atom is -0.481 e. The molecule has 1 aliphatic heterocycles. The van der Waals surface area contributed by atoms with Gasteiger partial charge in [-0.15, -0.1) is 0 Å². The molecule has 0 fully saturated rings. The van der Waals surface area contributed by atoms with E-state index in [2.05, 4.69) is 5.32 Å². The molecular formula is C16H13NO3. The van der Waals surface area contributed by atoms with Crippen LogP contribution in [0.1, 0.15) is 15.9 Å². The van der Waals surface area contributed by atoms with E-state index in [4.69, 9.17) is 4.74 Å². The monoisotopic (exact) mass is 267 g/mol. The van der Waals surface area contributed by atoms with Gasteiger partial charge in [-0.2, -0.15) is 0 Å². The van der Waals surface area contributed by atoms with Gasteiger partial charge in [-0.1, -0.05) is 18.2 Å². The number of fused-ring (bicyclic) bond motifs is 1. The van der Waals surface area contributed by atoms with Crippen LogP contribution < -0.4 is 10.1 Å². The van der Waals surface area contributed by atoms with Crippen LogP contribution in [0.15, 0.2) is 36.4 Å². The zero-order chi connectivity index (χ0) is 14.1. The first-order valence-corrected chi connectivity index (χ1v) is 6.30. The first kappa shape index (κ1) is 12.4. The summed E-state index contributed by atoms with van der Waals surface area (Å²) in [5.74, 6) is 0.551. The average Bonchev–Trinajstić information content (AvgIpc) is 2.46. The first-order chi connectivity index (χ1) is 9.67. The van der Waals surface area contributed by atoms with Crippen molar-refractivity contribution in [3.63, 3.8) is 0 Å². The maximum Gasteiger partial charge on any atom is 0.262 e. The molecule has 0 bridgehead atoms. The van der Waals surface area contributed by atoms with Crippen LogP contribution in [0.2, 0.25) is 0 Å². The van der Waals surface area contributed by atoms with E-state index in [0.29, 0.717) is 17.0 Å². The van der Waals surface area contributed by atoms with Gasteiger partial charge in [0.1, 0.15) is 12.0 Å². The Morgan fingerprint density at radius 1 is 1.20 bits per heavy atom. The summed E-state index contributed by atoms with van der Waals surface area (Å²) in [6.07, 6.45) is 0.819. The Kier molecular flexibility index (Phi) is 2.99. The SMILES string of the molecule is Cc1cc(-c2cccc(C=O)c2)cc2c1OCC(=O)N2. The number of ether oxygens (including phenoxy) is 1.